The van der Waals surface area contributed by atoms with Gasteiger partial charge in [0.25, 0.3) is 6.08 Å². The number of halogens is 2. The lowest BCUT2D eigenvalue weighted by Crippen LogP contribution is -2.15. The molecule has 0 aromatic rings. The lowest BCUT2D eigenvalue weighted by atomic mass is 9.78. The molecular weight excluding hydrogens is 146 g/mol. The molecule has 0 amide bonds. The second-order valence-electron chi connectivity index (χ2n) is 3.15. The number of hydrogen-bond acceptors (Lipinski definition) is 0. The van der Waals surface area contributed by atoms with Crippen molar-refractivity contribution in [3.63, 3.8) is 0 Å². The van der Waals surface area contributed by atoms with Crippen molar-refractivity contribution in [2.45, 2.75) is 40.5 Å². The second kappa shape index (κ2) is 3.84. The zero-order chi connectivity index (χ0) is 9.07. The SMILES string of the molecule is CCC(C)(CC)C(C)=C(F)F. The molecule has 0 spiro atoms. The van der Waals surface area contributed by atoms with Crippen molar-refractivity contribution in [2.24, 2.45) is 5.41 Å². The largest absolute Gasteiger partial charge is 0.269 e. The quantitative estimate of drug-likeness (QED) is 0.588. The van der Waals surface area contributed by atoms with Gasteiger partial charge in [-0.05, 0) is 30.8 Å². The van der Waals surface area contributed by atoms with E-state index in [0.29, 0.717) is 0 Å². The molecule has 0 aliphatic rings. The Bertz CT molecular complexity index is 151. The molecule has 0 unspecified atom stereocenters. The van der Waals surface area contributed by atoms with Crippen molar-refractivity contribution in [3.8, 4) is 0 Å². The fourth-order valence-corrected chi connectivity index (χ4v) is 1.01. The molecule has 0 aliphatic carbocycles. The molecule has 0 atom stereocenters. The summed E-state index contributed by atoms with van der Waals surface area (Å²) in [6.07, 6.45) is 0.0236. The van der Waals surface area contributed by atoms with Gasteiger partial charge in [-0.25, -0.2) is 0 Å². The van der Waals surface area contributed by atoms with Crippen LogP contribution in [0.2, 0.25) is 0 Å². The molecule has 0 N–H and O–H groups in total. The van der Waals surface area contributed by atoms with Crippen LogP contribution in [0.1, 0.15) is 40.5 Å². The Balaban J connectivity index is 4.64. The molecule has 0 bridgehead atoms. The molecule has 11 heavy (non-hydrogen) atoms. The first-order valence-corrected chi connectivity index (χ1v) is 4.00. The first kappa shape index (κ1) is 10.6. The van der Waals surface area contributed by atoms with Gasteiger partial charge in [0.2, 0.25) is 0 Å². The van der Waals surface area contributed by atoms with Crippen LogP contribution in [0.3, 0.4) is 0 Å². The second-order valence-corrected chi connectivity index (χ2v) is 3.15. The van der Waals surface area contributed by atoms with Gasteiger partial charge in [0.05, 0.1) is 0 Å². The van der Waals surface area contributed by atoms with Gasteiger partial charge in [-0.1, -0.05) is 20.8 Å². The smallest absolute Gasteiger partial charge is 0.173 e. The third kappa shape index (κ3) is 2.28. The molecule has 2 heteroatoms. The van der Waals surface area contributed by atoms with E-state index in [4.69, 9.17) is 0 Å². The van der Waals surface area contributed by atoms with E-state index in [2.05, 4.69) is 0 Å². The topological polar surface area (TPSA) is 0 Å². The molecule has 0 radical (unpaired) electrons. The maximum Gasteiger partial charge on any atom is 0.269 e. The molecule has 0 aromatic carbocycles. The van der Waals surface area contributed by atoms with E-state index in [1.54, 1.807) is 0 Å². The van der Waals surface area contributed by atoms with Gasteiger partial charge in [-0.15, -0.1) is 0 Å². The Morgan fingerprint density at radius 3 is 1.64 bits per heavy atom. The molecular formula is C9H16F2. The first-order chi connectivity index (χ1) is 4.98. The number of allylic oxidation sites excluding steroid dienone is 1. The lowest BCUT2D eigenvalue weighted by Gasteiger charge is -2.26. The summed E-state index contributed by atoms with van der Waals surface area (Å²) in [7, 11) is 0. The Labute approximate surface area is 67.3 Å². The Morgan fingerprint density at radius 1 is 1.18 bits per heavy atom. The Hall–Kier alpha value is -0.400. The van der Waals surface area contributed by atoms with Gasteiger partial charge in [0.1, 0.15) is 0 Å². The monoisotopic (exact) mass is 162 g/mol. The molecule has 0 heterocycles. The van der Waals surface area contributed by atoms with Crippen molar-refractivity contribution >= 4 is 0 Å². The van der Waals surface area contributed by atoms with Gasteiger partial charge in [-0.2, -0.15) is 8.78 Å². The zero-order valence-corrected chi connectivity index (χ0v) is 7.67. The predicted molar refractivity (Wildman–Crippen MR) is 43.6 cm³/mol. The van der Waals surface area contributed by atoms with E-state index in [-0.39, 0.29) is 11.0 Å². The average molecular weight is 162 g/mol. The fraction of sp³-hybridized carbons (Fsp3) is 0.778. The third-order valence-corrected chi connectivity index (χ3v) is 2.75. The first-order valence-electron chi connectivity index (χ1n) is 4.00. The fourth-order valence-electron chi connectivity index (χ4n) is 1.01. The average Bonchev–Trinajstić information content (AvgIpc) is 2.01. The Kier molecular flexibility index (Phi) is 3.70. The van der Waals surface area contributed by atoms with E-state index in [9.17, 15) is 8.78 Å². The minimum atomic E-state index is -1.52. The van der Waals surface area contributed by atoms with Crippen LogP contribution < -0.4 is 0 Å². The van der Waals surface area contributed by atoms with Crippen LogP contribution in [0.25, 0.3) is 0 Å². The summed E-state index contributed by atoms with van der Waals surface area (Å²) in [6.45, 7) is 7.27. The van der Waals surface area contributed by atoms with Gasteiger partial charge < -0.3 is 0 Å². The van der Waals surface area contributed by atoms with E-state index in [1.165, 1.54) is 6.92 Å². The van der Waals surface area contributed by atoms with Crippen LogP contribution in [0.5, 0.6) is 0 Å². The van der Waals surface area contributed by atoms with Crippen molar-refractivity contribution < 1.29 is 8.78 Å². The predicted octanol–water partition coefficient (Wildman–Crippen LogP) is 3.98. The summed E-state index contributed by atoms with van der Waals surface area (Å²) in [5.41, 5.74) is -0.0683. The molecule has 0 aliphatic heterocycles. The third-order valence-electron chi connectivity index (χ3n) is 2.75. The molecule has 0 aromatic heterocycles. The standard InChI is InChI=1S/C9H16F2/c1-5-9(4,6-2)7(3)8(10)11/h5-6H2,1-4H3. The summed E-state index contributed by atoms with van der Waals surface area (Å²) in [4.78, 5) is 0. The highest BCUT2D eigenvalue weighted by molar-refractivity contribution is 5.10. The summed E-state index contributed by atoms with van der Waals surface area (Å²) in [6, 6.07) is 0. The van der Waals surface area contributed by atoms with Gasteiger partial charge in [0, 0.05) is 0 Å². The van der Waals surface area contributed by atoms with Crippen LogP contribution in [0.4, 0.5) is 8.78 Å². The van der Waals surface area contributed by atoms with E-state index in [1.807, 2.05) is 20.8 Å². The highest BCUT2D eigenvalue weighted by Crippen LogP contribution is 2.36. The molecule has 0 saturated heterocycles. The van der Waals surface area contributed by atoms with Crippen LogP contribution in [0, 0.1) is 5.41 Å². The lowest BCUT2D eigenvalue weighted by molar-refractivity contribution is 0.318. The normalized spacial score (nSPS) is 11.5. The van der Waals surface area contributed by atoms with Crippen molar-refractivity contribution in [3.05, 3.63) is 11.7 Å². The molecule has 66 valence electrons. The van der Waals surface area contributed by atoms with Crippen LogP contribution in [-0.4, -0.2) is 0 Å². The minimum absolute atomic E-state index is 0.238. The van der Waals surface area contributed by atoms with E-state index < -0.39 is 6.08 Å². The maximum atomic E-state index is 12.2. The van der Waals surface area contributed by atoms with Crippen LogP contribution in [-0.2, 0) is 0 Å². The molecule has 0 rings (SSSR count). The van der Waals surface area contributed by atoms with Crippen LogP contribution in [0.15, 0.2) is 11.7 Å². The van der Waals surface area contributed by atoms with Crippen molar-refractivity contribution in [1.29, 1.82) is 0 Å². The minimum Gasteiger partial charge on any atom is -0.173 e. The van der Waals surface area contributed by atoms with Gasteiger partial charge >= 0.3 is 0 Å². The van der Waals surface area contributed by atoms with Gasteiger partial charge in [0.15, 0.2) is 0 Å². The maximum absolute atomic E-state index is 12.2. The van der Waals surface area contributed by atoms with Crippen LogP contribution >= 0.6 is 0 Å². The summed E-state index contributed by atoms with van der Waals surface area (Å²) in [5.74, 6) is 0. The van der Waals surface area contributed by atoms with E-state index in [0.717, 1.165) is 12.8 Å². The highest BCUT2D eigenvalue weighted by Gasteiger charge is 2.25. The number of rotatable bonds is 3. The molecule has 0 nitrogen and oxygen atoms in total. The highest BCUT2D eigenvalue weighted by atomic mass is 19.3. The van der Waals surface area contributed by atoms with E-state index >= 15 is 0 Å². The number of hydrogen-bond donors (Lipinski definition) is 0. The Morgan fingerprint density at radius 2 is 1.55 bits per heavy atom. The van der Waals surface area contributed by atoms with Crippen molar-refractivity contribution in [1.82, 2.24) is 0 Å². The van der Waals surface area contributed by atoms with Crippen molar-refractivity contribution in [2.75, 3.05) is 0 Å². The molecule has 0 fully saturated rings. The summed E-state index contributed by atoms with van der Waals surface area (Å²) >= 11 is 0. The zero-order valence-electron chi connectivity index (χ0n) is 7.67. The summed E-state index contributed by atoms with van der Waals surface area (Å²) < 4.78 is 24.4. The molecule has 0 saturated carbocycles. The van der Waals surface area contributed by atoms with Gasteiger partial charge in [-0.3, -0.25) is 0 Å². The summed E-state index contributed by atoms with van der Waals surface area (Å²) in [5, 5.41) is 0.